The standard InChI is InChI=1S/C25H31N3O/c1-4-27-13-12-19-20-14-18(23-15-17-8-6-7-9-21(17)26(23)3)10-11-22(20)28(5-2)25(19)24(27)16-29/h6-11,14-15,19,24-25,29H,4-5,12-13,16H2,1-3H3. The number of aliphatic hydroxyl groups is 1. The van der Waals surface area contributed by atoms with E-state index in [-0.39, 0.29) is 12.6 Å². The summed E-state index contributed by atoms with van der Waals surface area (Å²) in [6, 6.07) is 18.5. The second kappa shape index (κ2) is 7.19. The van der Waals surface area contributed by atoms with Crippen LogP contribution in [0.15, 0.2) is 48.5 Å². The van der Waals surface area contributed by atoms with Crippen molar-refractivity contribution in [2.24, 2.45) is 7.05 Å². The summed E-state index contributed by atoms with van der Waals surface area (Å²) >= 11 is 0. The van der Waals surface area contributed by atoms with Gasteiger partial charge in [0.25, 0.3) is 0 Å². The van der Waals surface area contributed by atoms with Crippen LogP contribution in [0, 0.1) is 0 Å². The van der Waals surface area contributed by atoms with Crippen molar-refractivity contribution in [3.05, 3.63) is 54.1 Å². The number of benzene rings is 2. The maximum absolute atomic E-state index is 10.2. The van der Waals surface area contributed by atoms with Gasteiger partial charge in [-0.25, -0.2) is 0 Å². The monoisotopic (exact) mass is 389 g/mol. The van der Waals surface area contributed by atoms with E-state index < -0.39 is 0 Å². The molecule has 0 radical (unpaired) electrons. The van der Waals surface area contributed by atoms with Crippen molar-refractivity contribution in [1.29, 1.82) is 0 Å². The van der Waals surface area contributed by atoms with Crippen LogP contribution in [0.25, 0.3) is 22.2 Å². The second-order valence-corrected chi connectivity index (χ2v) is 8.47. The zero-order valence-corrected chi connectivity index (χ0v) is 17.7. The SMILES string of the molecule is CCN1CCC2c3cc(-c4cc5ccccc5n4C)ccc3N(CC)C2C1CO. The van der Waals surface area contributed by atoms with E-state index in [0.29, 0.717) is 12.0 Å². The Kier molecular flexibility index (Phi) is 4.64. The molecule has 4 nitrogen and oxygen atoms in total. The lowest BCUT2D eigenvalue weighted by Gasteiger charge is -2.45. The number of likely N-dealkylation sites (N-methyl/N-ethyl adjacent to an activating group) is 2. The predicted octanol–water partition coefficient (Wildman–Crippen LogP) is 4.22. The van der Waals surface area contributed by atoms with Crippen LogP contribution in [0.2, 0.25) is 0 Å². The molecule has 0 spiro atoms. The lowest BCUT2D eigenvalue weighted by Crippen LogP contribution is -2.57. The van der Waals surface area contributed by atoms with E-state index in [0.717, 1.165) is 26.1 Å². The third kappa shape index (κ3) is 2.73. The fourth-order valence-electron chi connectivity index (χ4n) is 5.89. The molecule has 1 saturated heterocycles. The molecule has 3 aromatic rings. The molecule has 0 amide bonds. The molecule has 152 valence electrons. The Labute approximate surface area is 173 Å². The van der Waals surface area contributed by atoms with Gasteiger partial charge in [0.05, 0.1) is 18.7 Å². The minimum atomic E-state index is 0.215. The maximum atomic E-state index is 10.2. The number of para-hydroxylation sites is 1. The number of aryl methyl sites for hydroxylation is 1. The second-order valence-electron chi connectivity index (χ2n) is 8.47. The summed E-state index contributed by atoms with van der Waals surface area (Å²) in [5.74, 6) is 0.500. The average Bonchev–Trinajstić information content (AvgIpc) is 3.27. The highest BCUT2D eigenvalue weighted by atomic mass is 16.3. The van der Waals surface area contributed by atoms with Crippen LogP contribution in [-0.4, -0.2) is 52.9 Å². The van der Waals surface area contributed by atoms with Gasteiger partial charge in [0.1, 0.15) is 0 Å². The number of aromatic nitrogens is 1. The molecule has 1 N–H and O–H groups in total. The van der Waals surface area contributed by atoms with Crippen LogP contribution in [0.5, 0.6) is 0 Å². The van der Waals surface area contributed by atoms with E-state index in [2.05, 4.69) is 83.8 Å². The molecule has 0 bridgehead atoms. The van der Waals surface area contributed by atoms with E-state index in [9.17, 15) is 5.11 Å². The number of hydrogen-bond donors (Lipinski definition) is 1. The number of aliphatic hydroxyl groups excluding tert-OH is 1. The smallest absolute Gasteiger partial charge is 0.0607 e. The Morgan fingerprint density at radius 3 is 2.59 bits per heavy atom. The Balaban J connectivity index is 1.60. The van der Waals surface area contributed by atoms with E-state index in [1.807, 2.05) is 0 Å². The zero-order valence-electron chi connectivity index (χ0n) is 17.7. The summed E-state index contributed by atoms with van der Waals surface area (Å²) in [5, 5.41) is 11.5. The zero-order chi connectivity index (χ0) is 20.1. The van der Waals surface area contributed by atoms with Crippen molar-refractivity contribution in [2.75, 3.05) is 31.1 Å². The predicted molar refractivity (Wildman–Crippen MR) is 121 cm³/mol. The molecule has 1 aromatic heterocycles. The van der Waals surface area contributed by atoms with Crippen LogP contribution in [-0.2, 0) is 7.05 Å². The number of nitrogens with zero attached hydrogens (tertiary/aromatic N) is 3. The first-order valence-corrected chi connectivity index (χ1v) is 11.0. The molecule has 3 unspecified atom stereocenters. The Hall–Kier alpha value is -2.30. The quantitative estimate of drug-likeness (QED) is 0.725. The van der Waals surface area contributed by atoms with Crippen molar-refractivity contribution >= 4 is 16.6 Å². The van der Waals surface area contributed by atoms with Crippen LogP contribution >= 0.6 is 0 Å². The van der Waals surface area contributed by atoms with Gasteiger partial charge in [-0.3, -0.25) is 4.90 Å². The first-order chi connectivity index (χ1) is 14.2. The molecule has 3 heterocycles. The minimum absolute atomic E-state index is 0.215. The Morgan fingerprint density at radius 1 is 1.03 bits per heavy atom. The molecule has 5 rings (SSSR count). The van der Waals surface area contributed by atoms with Crippen molar-refractivity contribution in [3.63, 3.8) is 0 Å². The molecule has 1 fully saturated rings. The minimum Gasteiger partial charge on any atom is -0.395 e. The Bertz CT molecular complexity index is 1040. The fraction of sp³-hybridized carbons (Fsp3) is 0.440. The lowest BCUT2D eigenvalue weighted by atomic mass is 9.83. The van der Waals surface area contributed by atoms with E-state index in [1.165, 1.54) is 33.4 Å². The summed E-state index contributed by atoms with van der Waals surface area (Å²) in [7, 11) is 2.16. The summed E-state index contributed by atoms with van der Waals surface area (Å²) in [6.07, 6.45) is 1.16. The van der Waals surface area contributed by atoms with E-state index in [1.54, 1.807) is 0 Å². The van der Waals surface area contributed by atoms with Gasteiger partial charge in [-0.1, -0.05) is 31.2 Å². The van der Waals surface area contributed by atoms with Crippen LogP contribution in [0.1, 0.15) is 31.7 Å². The number of anilines is 1. The van der Waals surface area contributed by atoms with Gasteiger partial charge < -0.3 is 14.6 Å². The molecule has 4 heteroatoms. The van der Waals surface area contributed by atoms with Crippen LogP contribution < -0.4 is 4.90 Å². The fourth-order valence-corrected chi connectivity index (χ4v) is 5.89. The molecule has 0 aliphatic carbocycles. The summed E-state index contributed by atoms with van der Waals surface area (Å²) in [6.45, 7) is 7.73. The molecule has 0 saturated carbocycles. The van der Waals surface area contributed by atoms with Crippen molar-refractivity contribution < 1.29 is 5.11 Å². The third-order valence-electron chi connectivity index (χ3n) is 7.28. The molecular formula is C25H31N3O. The first kappa shape index (κ1) is 18.7. The highest BCUT2D eigenvalue weighted by molar-refractivity contribution is 5.87. The molecule has 29 heavy (non-hydrogen) atoms. The number of likely N-dealkylation sites (tertiary alicyclic amines) is 1. The van der Waals surface area contributed by atoms with E-state index >= 15 is 0 Å². The molecule has 2 aromatic carbocycles. The average molecular weight is 390 g/mol. The maximum Gasteiger partial charge on any atom is 0.0607 e. The van der Waals surface area contributed by atoms with Crippen molar-refractivity contribution in [2.45, 2.75) is 38.3 Å². The Morgan fingerprint density at radius 2 is 1.86 bits per heavy atom. The van der Waals surface area contributed by atoms with Crippen molar-refractivity contribution in [3.8, 4) is 11.3 Å². The lowest BCUT2D eigenvalue weighted by molar-refractivity contribution is 0.0703. The summed E-state index contributed by atoms with van der Waals surface area (Å²) in [5.41, 5.74) is 6.66. The van der Waals surface area contributed by atoms with Gasteiger partial charge in [0.2, 0.25) is 0 Å². The normalized spacial score (nSPS) is 24.1. The molecule has 2 aliphatic heterocycles. The van der Waals surface area contributed by atoms with Gasteiger partial charge in [0.15, 0.2) is 0 Å². The molecule has 2 aliphatic rings. The first-order valence-electron chi connectivity index (χ1n) is 11.0. The largest absolute Gasteiger partial charge is 0.395 e. The number of rotatable bonds is 4. The number of hydrogen-bond acceptors (Lipinski definition) is 3. The van der Waals surface area contributed by atoms with Gasteiger partial charge in [-0.15, -0.1) is 0 Å². The molecule has 3 atom stereocenters. The van der Waals surface area contributed by atoms with E-state index in [4.69, 9.17) is 0 Å². The number of fused-ring (bicyclic) bond motifs is 4. The van der Waals surface area contributed by atoms with Gasteiger partial charge in [0, 0.05) is 41.8 Å². The van der Waals surface area contributed by atoms with Crippen molar-refractivity contribution in [1.82, 2.24) is 9.47 Å². The number of piperidine rings is 1. The van der Waals surface area contributed by atoms with Gasteiger partial charge in [-0.2, -0.15) is 0 Å². The van der Waals surface area contributed by atoms with Gasteiger partial charge in [-0.05, 0) is 61.8 Å². The van der Waals surface area contributed by atoms with Gasteiger partial charge >= 0.3 is 0 Å². The highest BCUT2D eigenvalue weighted by Gasteiger charge is 2.46. The molecular weight excluding hydrogens is 358 g/mol. The van der Waals surface area contributed by atoms with Crippen LogP contribution in [0.3, 0.4) is 0 Å². The topological polar surface area (TPSA) is 31.6 Å². The van der Waals surface area contributed by atoms with Crippen LogP contribution in [0.4, 0.5) is 5.69 Å². The summed E-state index contributed by atoms with van der Waals surface area (Å²) < 4.78 is 2.30. The summed E-state index contributed by atoms with van der Waals surface area (Å²) in [4.78, 5) is 4.99. The third-order valence-corrected chi connectivity index (χ3v) is 7.28. The highest BCUT2D eigenvalue weighted by Crippen LogP contribution is 2.48.